The summed E-state index contributed by atoms with van der Waals surface area (Å²) < 4.78 is 53.1. The number of nitrogens with zero attached hydrogens (tertiary/aromatic N) is 4. The summed E-state index contributed by atoms with van der Waals surface area (Å²) in [5.74, 6) is -3.14. The van der Waals surface area contributed by atoms with Gasteiger partial charge in [0.1, 0.15) is 23.4 Å². The molecule has 0 aliphatic carbocycles. The minimum absolute atomic E-state index is 0.00803. The number of pyridine rings is 1. The molecule has 1 atom stereocenters. The van der Waals surface area contributed by atoms with Crippen LogP contribution in [0.25, 0.3) is 0 Å². The first-order valence-electron chi connectivity index (χ1n) is 8.77. The topological polar surface area (TPSA) is 86.1 Å². The van der Waals surface area contributed by atoms with Gasteiger partial charge in [-0.2, -0.15) is 18.3 Å². The zero-order chi connectivity index (χ0) is 23.1. The van der Waals surface area contributed by atoms with Gasteiger partial charge in [0.05, 0.1) is 10.6 Å². The number of amides is 1. The number of carbonyl (C=O) groups excluding carboxylic acids is 1. The highest BCUT2D eigenvalue weighted by molar-refractivity contribution is 6.37. The molecule has 1 aliphatic heterocycles. The van der Waals surface area contributed by atoms with Crippen molar-refractivity contribution in [2.75, 3.05) is 17.0 Å². The molecular formula is C19H15ClF4N4O3. The second kappa shape index (κ2) is 8.14. The molecule has 1 unspecified atom stereocenters. The van der Waals surface area contributed by atoms with Crippen LogP contribution in [-0.2, 0) is 15.8 Å². The van der Waals surface area contributed by atoms with Crippen molar-refractivity contribution in [1.29, 1.82) is 0 Å². The molecule has 3 rings (SSSR count). The summed E-state index contributed by atoms with van der Waals surface area (Å²) in [4.78, 5) is 29.6. The fraction of sp³-hybridized carbons (Fsp3) is 0.263. The number of aliphatic carboxylic acids is 1. The number of rotatable bonds is 4. The normalized spacial score (nSPS) is 16.3. The molecule has 1 N–H and O–H groups in total. The highest BCUT2D eigenvalue weighted by Gasteiger charge is 2.40. The van der Waals surface area contributed by atoms with Crippen molar-refractivity contribution >= 4 is 40.7 Å². The van der Waals surface area contributed by atoms with E-state index in [0.29, 0.717) is 6.07 Å². The van der Waals surface area contributed by atoms with Gasteiger partial charge in [0.25, 0.3) is 5.91 Å². The fourth-order valence-corrected chi connectivity index (χ4v) is 3.19. The van der Waals surface area contributed by atoms with Gasteiger partial charge in [0.2, 0.25) is 0 Å². The van der Waals surface area contributed by atoms with Crippen molar-refractivity contribution in [3.63, 3.8) is 0 Å². The minimum Gasteiger partial charge on any atom is -0.477 e. The highest BCUT2D eigenvalue weighted by atomic mass is 35.5. The van der Waals surface area contributed by atoms with Gasteiger partial charge >= 0.3 is 12.1 Å². The van der Waals surface area contributed by atoms with Crippen molar-refractivity contribution in [2.24, 2.45) is 5.10 Å². The molecule has 1 amide bonds. The third kappa shape index (κ3) is 4.61. The number of benzene rings is 1. The van der Waals surface area contributed by atoms with Crippen LogP contribution >= 0.6 is 11.6 Å². The Kier molecular flexibility index (Phi) is 5.90. The van der Waals surface area contributed by atoms with Crippen LogP contribution in [0.2, 0.25) is 5.02 Å². The molecule has 0 saturated heterocycles. The Morgan fingerprint density at radius 3 is 2.52 bits per heavy atom. The van der Waals surface area contributed by atoms with Gasteiger partial charge in [-0.3, -0.25) is 4.79 Å². The standard InChI is InChI=1S/C19H15ClF4N4O3/c1-9-5-10(19(22,23)24)6-16(25-9)28-15(8-14(26-28)18(30)31)17(29)27(2)11-3-4-13(21)12(20)7-11/h3-7,15H,8H2,1-2H3,(H,30,31). The lowest BCUT2D eigenvalue weighted by molar-refractivity contribution is -0.137. The van der Waals surface area contributed by atoms with Crippen molar-refractivity contribution in [2.45, 2.75) is 25.6 Å². The van der Waals surface area contributed by atoms with Crippen LogP contribution in [0.1, 0.15) is 17.7 Å². The van der Waals surface area contributed by atoms with Crippen molar-refractivity contribution in [1.82, 2.24) is 4.98 Å². The van der Waals surface area contributed by atoms with Crippen LogP contribution in [0.3, 0.4) is 0 Å². The quantitative estimate of drug-likeness (QED) is 0.703. The minimum atomic E-state index is -4.68. The third-order valence-electron chi connectivity index (χ3n) is 4.57. The van der Waals surface area contributed by atoms with Crippen LogP contribution in [-0.4, -0.2) is 40.8 Å². The molecule has 7 nitrogen and oxygen atoms in total. The lowest BCUT2D eigenvalue weighted by Crippen LogP contribution is -2.44. The number of anilines is 2. The molecule has 12 heteroatoms. The molecule has 0 radical (unpaired) electrons. The summed E-state index contributed by atoms with van der Waals surface area (Å²) in [7, 11) is 1.34. The molecule has 2 aromatic rings. The van der Waals surface area contributed by atoms with E-state index in [4.69, 9.17) is 11.6 Å². The summed E-state index contributed by atoms with van der Waals surface area (Å²) in [5.41, 5.74) is -1.22. The number of likely N-dealkylation sites (N-methyl/N-ethyl adjacent to an activating group) is 1. The zero-order valence-electron chi connectivity index (χ0n) is 16.1. The first kappa shape index (κ1) is 22.5. The number of carboxylic acids is 1. The van der Waals surface area contributed by atoms with E-state index in [2.05, 4.69) is 10.1 Å². The average Bonchev–Trinajstić information content (AvgIpc) is 3.13. The number of aromatic nitrogens is 1. The molecule has 2 heterocycles. The summed E-state index contributed by atoms with van der Waals surface area (Å²) >= 11 is 5.75. The number of hydrogen-bond acceptors (Lipinski definition) is 5. The first-order chi connectivity index (χ1) is 14.4. The Morgan fingerprint density at radius 1 is 1.26 bits per heavy atom. The number of carbonyl (C=O) groups is 2. The van der Waals surface area contributed by atoms with E-state index in [1.807, 2.05) is 0 Å². The maximum Gasteiger partial charge on any atom is 0.416 e. The molecule has 1 aromatic heterocycles. The Morgan fingerprint density at radius 2 is 1.94 bits per heavy atom. The van der Waals surface area contributed by atoms with E-state index >= 15 is 0 Å². The van der Waals surface area contributed by atoms with E-state index in [-0.39, 0.29) is 28.6 Å². The third-order valence-corrected chi connectivity index (χ3v) is 4.85. The second-order valence-electron chi connectivity index (χ2n) is 6.77. The molecule has 0 saturated carbocycles. The van der Waals surface area contributed by atoms with Gasteiger partial charge in [-0.25, -0.2) is 19.2 Å². The number of hydrogen-bond donors (Lipinski definition) is 1. The van der Waals surface area contributed by atoms with Crippen LogP contribution in [0.4, 0.5) is 29.1 Å². The van der Waals surface area contributed by atoms with Crippen LogP contribution in [0.5, 0.6) is 0 Å². The lowest BCUT2D eigenvalue weighted by Gasteiger charge is -2.27. The Hall–Kier alpha value is -3.21. The molecule has 31 heavy (non-hydrogen) atoms. The summed E-state index contributed by atoms with van der Waals surface area (Å²) in [6.07, 6.45) is -5.05. The summed E-state index contributed by atoms with van der Waals surface area (Å²) in [6, 6.07) is 3.76. The van der Waals surface area contributed by atoms with Gasteiger partial charge in [0.15, 0.2) is 0 Å². The largest absolute Gasteiger partial charge is 0.477 e. The van der Waals surface area contributed by atoms with Crippen LogP contribution < -0.4 is 9.91 Å². The number of carboxylic acid groups (broad SMARTS) is 1. The average molecular weight is 459 g/mol. The van der Waals surface area contributed by atoms with E-state index in [0.717, 1.165) is 22.0 Å². The number of aryl methyl sites for hydroxylation is 1. The molecule has 1 aliphatic rings. The Labute approximate surface area is 178 Å². The SMILES string of the molecule is Cc1cc(C(F)(F)F)cc(N2N=C(C(=O)O)CC2C(=O)N(C)c2ccc(F)c(Cl)c2)n1. The van der Waals surface area contributed by atoms with E-state index in [1.54, 1.807) is 0 Å². The van der Waals surface area contributed by atoms with Gasteiger partial charge in [-0.15, -0.1) is 0 Å². The molecular weight excluding hydrogens is 444 g/mol. The second-order valence-corrected chi connectivity index (χ2v) is 7.17. The number of alkyl halides is 3. The molecule has 0 fully saturated rings. The first-order valence-corrected chi connectivity index (χ1v) is 9.14. The summed E-state index contributed by atoms with van der Waals surface area (Å²) in [6.45, 7) is 1.33. The predicted molar refractivity (Wildman–Crippen MR) is 105 cm³/mol. The lowest BCUT2D eigenvalue weighted by atomic mass is 10.1. The Bertz CT molecular complexity index is 1090. The van der Waals surface area contributed by atoms with E-state index in [1.165, 1.54) is 26.1 Å². The van der Waals surface area contributed by atoms with Gasteiger partial charge in [-0.1, -0.05) is 11.6 Å². The van der Waals surface area contributed by atoms with Gasteiger partial charge < -0.3 is 10.0 Å². The molecule has 164 valence electrons. The number of hydrazone groups is 1. The summed E-state index contributed by atoms with van der Waals surface area (Å²) in [5, 5.41) is 13.7. The van der Waals surface area contributed by atoms with E-state index < -0.39 is 41.2 Å². The Balaban J connectivity index is 2.01. The van der Waals surface area contributed by atoms with Crippen molar-refractivity contribution in [3.05, 3.63) is 52.4 Å². The van der Waals surface area contributed by atoms with Crippen LogP contribution in [0, 0.1) is 12.7 Å². The highest BCUT2D eigenvalue weighted by Crippen LogP contribution is 2.34. The predicted octanol–water partition coefficient (Wildman–Crippen LogP) is 3.88. The molecule has 0 bridgehead atoms. The molecule has 0 spiro atoms. The molecule has 1 aromatic carbocycles. The van der Waals surface area contributed by atoms with Gasteiger partial charge in [-0.05, 0) is 37.3 Å². The monoisotopic (exact) mass is 458 g/mol. The maximum atomic E-state index is 13.4. The van der Waals surface area contributed by atoms with Gasteiger partial charge in [0, 0.05) is 24.8 Å². The smallest absolute Gasteiger partial charge is 0.416 e. The number of halogens is 5. The van der Waals surface area contributed by atoms with Crippen molar-refractivity contribution in [3.8, 4) is 0 Å². The maximum absolute atomic E-state index is 13.4. The van der Waals surface area contributed by atoms with Crippen LogP contribution in [0.15, 0.2) is 35.4 Å². The zero-order valence-corrected chi connectivity index (χ0v) is 16.9. The van der Waals surface area contributed by atoms with Crippen molar-refractivity contribution < 1.29 is 32.3 Å². The fourth-order valence-electron chi connectivity index (χ4n) is 3.02. The van der Waals surface area contributed by atoms with E-state index in [9.17, 15) is 32.3 Å².